The summed E-state index contributed by atoms with van der Waals surface area (Å²) in [7, 11) is 1.86. The number of aromatic nitrogens is 2. The zero-order valence-electron chi connectivity index (χ0n) is 16.1. The molecule has 1 amide bonds. The van der Waals surface area contributed by atoms with Gasteiger partial charge < -0.3 is 10.2 Å². The highest BCUT2D eigenvalue weighted by Crippen LogP contribution is 2.12. The van der Waals surface area contributed by atoms with Gasteiger partial charge in [-0.25, -0.2) is 0 Å². The molecule has 0 spiro atoms. The van der Waals surface area contributed by atoms with Gasteiger partial charge in [-0.3, -0.25) is 14.8 Å². The number of halogens is 3. The van der Waals surface area contributed by atoms with Crippen molar-refractivity contribution in [1.29, 1.82) is 0 Å². The number of nitrogens with zero attached hydrogens (tertiary/aromatic N) is 3. The summed E-state index contributed by atoms with van der Waals surface area (Å²) < 4.78 is 0. The van der Waals surface area contributed by atoms with E-state index < -0.39 is 0 Å². The lowest BCUT2D eigenvalue weighted by Gasteiger charge is -2.25. The lowest BCUT2D eigenvalue weighted by Crippen LogP contribution is -2.38. The Labute approximate surface area is 180 Å². The van der Waals surface area contributed by atoms with Gasteiger partial charge in [0.2, 0.25) is 5.91 Å². The van der Waals surface area contributed by atoms with E-state index in [9.17, 15) is 4.79 Å². The summed E-state index contributed by atoms with van der Waals surface area (Å²) in [6, 6.07) is 11.8. The summed E-state index contributed by atoms with van der Waals surface area (Å²) in [5.41, 5.74) is 3.70. The third-order valence-corrected chi connectivity index (χ3v) is 3.84. The van der Waals surface area contributed by atoms with E-state index in [1.54, 1.807) is 0 Å². The average Bonchev–Trinajstić information content (AvgIpc) is 2.54. The predicted octanol–water partition coefficient (Wildman–Crippen LogP) is 3.74. The number of carbonyl (C=O) groups is 1. The standard InChI is InChI=1S/C19H26N4O.3ClH/c1-14(11-20-4)19(24)23(12-17-9-5-7-15(2)21-17)13-18-10-6-8-16(3)22-18;;;/h5-10,14,20H,11-13H2,1-4H3;3*1H. The summed E-state index contributed by atoms with van der Waals surface area (Å²) in [5, 5.41) is 3.07. The molecule has 1 N–H and O–H groups in total. The van der Waals surface area contributed by atoms with Crippen LogP contribution in [0.5, 0.6) is 0 Å². The van der Waals surface area contributed by atoms with Gasteiger partial charge in [0.25, 0.3) is 0 Å². The van der Waals surface area contributed by atoms with Gasteiger partial charge in [0.15, 0.2) is 0 Å². The van der Waals surface area contributed by atoms with Crippen molar-refractivity contribution < 1.29 is 4.79 Å². The van der Waals surface area contributed by atoms with Crippen molar-refractivity contribution in [2.75, 3.05) is 13.6 Å². The van der Waals surface area contributed by atoms with Gasteiger partial charge in [-0.05, 0) is 45.2 Å². The highest BCUT2D eigenvalue weighted by atomic mass is 35.5. The second kappa shape index (κ2) is 13.7. The van der Waals surface area contributed by atoms with E-state index in [1.165, 1.54) is 0 Å². The van der Waals surface area contributed by atoms with E-state index in [2.05, 4.69) is 15.3 Å². The molecule has 2 heterocycles. The lowest BCUT2D eigenvalue weighted by atomic mass is 10.1. The van der Waals surface area contributed by atoms with Crippen LogP contribution in [0.15, 0.2) is 36.4 Å². The molecular weight excluding hydrogens is 407 g/mol. The minimum absolute atomic E-state index is 0. The minimum Gasteiger partial charge on any atom is -0.331 e. The van der Waals surface area contributed by atoms with Crippen LogP contribution >= 0.6 is 37.2 Å². The molecule has 1 atom stereocenters. The van der Waals surface area contributed by atoms with Crippen molar-refractivity contribution in [2.24, 2.45) is 5.92 Å². The second-order valence-corrected chi connectivity index (χ2v) is 6.19. The normalized spacial score (nSPS) is 10.7. The molecule has 1 unspecified atom stereocenters. The molecule has 0 aliphatic heterocycles. The molecule has 5 nitrogen and oxygen atoms in total. The zero-order valence-corrected chi connectivity index (χ0v) is 18.6. The molecule has 0 aliphatic carbocycles. The van der Waals surface area contributed by atoms with E-state index >= 15 is 0 Å². The van der Waals surface area contributed by atoms with Crippen LogP contribution in [0, 0.1) is 19.8 Å². The van der Waals surface area contributed by atoms with Gasteiger partial charge in [0.1, 0.15) is 0 Å². The molecule has 0 saturated carbocycles. The number of nitrogens with one attached hydrogen (secondary N) is 1. The van der Waals surface area contributed by atoms with Crippen LogP contribution in [0.4, 0.5) is 0 Å². The van der Waals surface area contributed by atoms with E-state index in [4.69, 9.17) is 0 Å². The van der Waals surface area contributed by atoms with Gasteiger partial charge in [0, 0.05) is 23.9 Å². The largest absolute Gasteiger partial charge is 0.331 e. The summed E-state index contributed by atoms with van der Waals surface area (Å²) in [4.78, 5) is 23.7. The molecule has 0 saturated heterocycles. The number of carbonyl (C=O) groups excluding carboxylic acids is 1. The maximum Gasteiger partial charge on any atom is 0.227 e. The van der Waals surface area contributed by atoms with Gasteiger partial charge in [-0.1, -0.05) is 19.1 Å². The molecule has 152 valence electrons. The van der Waals surface area contributed by atoms with E-state index in [-0.39, 0.29) is 49.0 Å². The molecular formula is C19H29Cl3N4O. The van der Waals surface area contributed by atoms with Gasteiger partial charge in [-0.2, -0.15) is 0 Å². The fourth-order valence-corrected chi connectivity index (χ4v) is 2.68. The van der Waals surface area contributed by atoms with Gasteiger partial charge in [0.05, 0.1) is 24.5 Å². The fourth-order valence-electron chi connectivity index (χ4n) is 2.68. The van der Waals surface area contributed by atoms with Crippen molar-refractivity contribution in [3.8, 4) is 0 Å². The first-order valence-electron chi connectivity index (χ1n) is 8.28. The third-order valence-electron chi connectivity index (χ3n) is 3.84. The Kier molecular flexibility index (Phi) is 14.1. The third kappa shape index (κ3) is 8.89. The molecule has 0 aromatic carbocycles. The lowest BCUT2D eigenvalue weighted by molar-refractivity contribution is -0.136. The number of amides is 1. The average molecular weight is 436 g/mol. The molecule has 0 fully saturated rings. The van der Waals surface area contributed by atoms with Crippen molar-refractivity contribution in [3.05, 3.63) is 59.2 Å². The quantitative estimate of drug-likeness (QED) is 0.719. The molecule has 0 radical (unpaired) electrons. The first-order chi connectivity index (χ1) is 11.5. The first kappa shape index (κ1) is 27.8. The molecule has 2 aromatic rings. The van der Waals surface area contributed by atoms with Crippen molar-refractivity contribution in [2.45, 2.75) is 33.9 Å². The summed E-state index contributed by atoms with van der Waals surface area (Å²) in [6.07, 6.45) is 0. The molecule has 2 rings (SSSR count). The SMILES string of the molecule is CNCC(C)C(=O)N(Cc1cccc(C)n1)Cc1cccc(C)n1.Cl.Cl.Cl. The van der Waals surface area contributed by atoms with E-state index in [0.717, 1.165) is 22.8 Å². The van der Waals surface area contributed by atoms with Crippen LogP contribution in [-0.4, -0.2) is 34.4 Å². The Morgan fingerprint density at radius 2 is 1.41 bits per heavy atom. The Hall–Kier alpha value is -1.40. The number of aryl methyl sites for hydroxylation is 2. The van der Waals surface area contributed by atoms with Crippen LogP contribution in [0.25, 0.3) is 0 Å². The molecule has 8 heteroatoms. The zero-order chi connectivity index (χ0) is 17.5. The Balaban J connectivity index is 0. The topological polar surface area (TPSA) is 58.1 Å². The number of hydrogen-bond acceptors (Lipinski definition) is 4. The van der Waals surface area contributed by atoms with Gasteiger partial charge in [-0.15, -0.1) is 37.2 Å². The highest BCUT2D eigenvalue weighted by Gasteiger charge is 2.21. The number of rotatable bonds is 7. The Bertz CT molecular complexity index is 653. The molecule has 0 bridgehead atoms. The van der Waals surface area contributed by atoms with Crippen LogP contribution in [0.1, 0.15) is 29.7 Å². The fraction of sp³-hybridized carbons (Fsp3) is 0.421. The predicted molar refractivity (Wildman–Crippen MR) is 117 cm³/mol. The Morgan fingerprint density at radius 3 is 1.78 bits per heavy atom. The summed E-state index contributed by atoms with van der Waals surface area (Å²) in [5.74, 6) is 0.0144. The van der Waals surface area contributed by atoms with Crippen molar-refractivity contribution >= 4 is 43.1 Å². The number of pyridine rings is 2. The van der Waals surface area contributed by atoms with Crippen LogP contribution in [0.2, 0.25) is 0 Å². The van der Waals surface area contributed by atoms with Crippen LogP contribution in [-0.2, 0) is 17.9 Å². The maximum absolute atomic E-state index is 12.8. The molecule has 2 aromatic heterocycles. The minimum atomic E-state index is -0.0929. The summed E-state index contributed by atoms with van der Waals surface area (Å²) >= 11 is 0. The number of hydrogen-bond donors (Lipinski definition) is 1. The summed E-state index contributed by atoms with van der Waals surface area (Å²) in [6.45, 7) is 7.49. The molecule has 0 aliphatic rings. The molecule has 27 heavy (non-hydrogen) atoms. The Morgan fingerprint density at radius 1 is 0.963 bits per heavy atom. The van der Waals surface area contributed by atoms with Crippen LogP contribution in [0.3, 0.4) is 0 Å². The monoisotopic (exact) mass is 434 g/mol. The smallest absolute Gasteiger partial charge is 0.227 e. The maximum atomic E-state index is 12.8. The van der Waals surface area contributed by atoms with Crippen molar-refractivity contribution in [3.63, 3.8) is 0 Å². The second-order valence-electron chi connectivity index (χ2n) is 6.19. The van der Waals surface area contributed by atoms with E-state index in [1.807, 2.05) is 69.1 Å². The van der Waals surface area contributed by atoms with Crippen LogP contribution < -0.4 is 5.32 Å². The first-order valence-corrected chi connectivity index (χ1v) is 8.28. The van der Waals surface area contributed by atoms with Crippen molar-refractivity contribution in [1.82, 2.24) is 20.2 Å². The van der Waals surface area contributed by atoms with E-state index in [0.29, 0.717) is 19.6 Å². The highest BCUT2D eigenvalue weighted by molar-refractivity contribution is 5.86. The van der Waals surface area contributed by atoms with Gasteiger partial charge >= 0.3 is 0 Å².